The van der Waals surface area contributed by atoms with Gasteiger partial charge < -0.3 is 5.32 Å². The Morgan fingerprint density at radius 3 is 2.25 bits per heavy atom. The van der Waals surface area contributed by atoms with E-state index in [-0.39, 0.29) is 11.7 Å². The first-order valence-electron chi connectivity index (χ1n) is 4.02. The molecule has 0 saturated heterocycles. The number of carbonyl (C=O) groups excluding carboxylic acids is 2. The highest BCUT2D eigenvalue weighted by Crippen LogP contribution is 1.87. The number of hydrogen-bond donors (Lipinski definition) is 1. The van der Waals surface area contributed by atoms with Gasteiger partial charge in [0.1, 0.15) is 5.78 Å². The third-order valence-corrected chi connectivity index (χ3v) is 1.54. The van der Waals surface area contributed by atoms with Crippen LogP contribution in [-0.4, -0.2) is 43.3 Å². The first-order valence-corrected chi connectivity index (χ1v) is 4.02. The second kappa shape index (κ2) is 5.71. The number of hydrogen-bond acceptors (Lipinski definition) is 3. The van der Waals surface area contributed by atoms with Gasteiger partial charge in [0.25, 0.3) is 0 Å². The first-order chi connectivity index (χ1) is 5.60. The zero-order chi connectivity index (χ0) is 9.56. The maximum absolute atomic E-state index is 10.9. The molecular formula is C8H16N2O2. The van der Waals surface area contributed by atoms with Crippen LogP contribution in [0.25, 0.3) is 0 Å². The van der Waals surface area contributed by atoms with Crippen molar-refractivity contribution >= 4 is 11.7 Å². The SMILES string of the molecule is CCN(CC(C)=O)CC(=O)NC. The van der Waals surface area contributed by atoms with E-state index >= 15 is 0 Å². The van der Waals surface area contributed by atoms with E-state index < -0.39 is 0 Å². The van der Waals surface area contributed by atoms with E-state index in [0.29, 0.717) is 19.6 Å². The normalized spacial score (nSPS) is 10.0. The van der Waals surface area contributed by atoms with Crippen molar-refractivity contribution in [2.75, 3.05) is 26.7 Å². The number of likely N-dealkylation sites (N-methyl/N-ethyl adjacent to an activating group) is 2. The van der Waals surface area contributed by atoms with Crippen LogP contribution in [0.1, 0.15) is 13.8 Å². The molecule has 0 atom stereocenters. The Morgan fingerprint density at radius 1 is 1.33 bits per heavy atom. The van der Waals surface area contributed by atoms with Gasteiger partial charge in [-0.25, -0.2) is 0 Å². The number of carbonyl (C=O) groups is 2. The van der Waals surface area contributed by atoms with E-state index in [1.807, 2.05) is 6.92 Å². The smallest absolute Gasteiger partial charge is 0.233 e. The summed E-state index contributed by atoms with van der Waals surface area (Å²) in [5.74, 6) is 0.0267. The van der Waals surface area contributed by atoms with Gasteiger partial charge in [-0.3, -0.25) is 14.5 Å². The summed E-state index contributed by atoms with van der Waals surface area (Å²) >= 11 is 0. The molecule has 1 N–H and O–H groups in total. The highest BCUT2D eigenvalue weighted by Gasteiger charge is 2.08. The molecule has 4 nitrogen and oxygen atoms in total. The van der Waals surface area contributed by atoms with Crippen LogP contribution in [0.15, 0.2) is 0 Å². The summed E-state index contributed by atoms with van der Waals surface area (Å²) in [6.45, 7) is 4.81. The van der Waals surface area contributed by atoms with Crippen LogP contribution < -0.4 is 5.32 Å². The lowest BCUT2D eigenvalue weighted by Crippen LogP contribution is -2.37. The van der Waals surface area contributed by atoms with Gasteiger partial charge in [-0.1, -0.05) is 6.92 Å². The van der Waals surface area contributed by atoms with Crippen LogP contribution >= 0.6 is 0 Å². The van der Waals surface area contributed by atoms with Gasteiger partial charge in [0.2, 0.25) is 5.91 Å². The Balaban J connectivity index is 3.82. The summed E-state index contributed by atoms with van der Waals surface area (Å²) in [5, 5.41) is 2.51. The summed E-state index contributed by atoms with van der Waals surface area (Å²) < 4.78 is 0. The van der Waals surface area contributed by atoms with E-state index in [1.54, 1.807) is 11.9 Å². The molecule has 0 aromatic carbocycles. The van der Waals surface area contributed by atoms with E-state index in [4.69, 9.17) is 0 Å². The summed E-state index contributed by atoms with van der Waals surface area (Å²) in [6, 6.07) is 0. The number of nitrogens with one attached hydrogen (secondary N) is 1. The molecule has 0 aromatic heterocycles. The van der Waals surface area contributed by atoms with Crippen LogP contribution in [0.4, 0.5) is 0 Å². The maximum Gasteiger partial charge on any atom is 0.233 e. The molecule has 70 valence electrons. The second-order valence-electron chi connectivity index (χ2n) is 2.68. The van der Waals surface area contributed by atoms with Gasteiger partial charge >= 0.3 is 0 Å². The summed E-state index contributed by atoms with van der Waals surface area (Å²) in [4.78, 5) is 23.4. The Labute approximate surface area is 72.9 Å². The molecule has 0 saturated carbocycles. The lowest BCUT2D eigenvalue weighted by molar-refractivity contribution is -0.123. The quantitative estimate of drug-likeness (QED) is 0.616. The molecule has 0 radical (unpaired) electrons. The number of ketones is 1. The van der Waals surface area contributed by atoms with E-state index in [2.05, 4.69) is 5.32 Å². The molecule has 4 heteroatoms. The largest absolute Gasteiger partial charge is 0.358 e. The van der Waals surface area contributed by atoms with Gasteiger partial charge in [0.05, 0.1) is 13.1 Å². The molecule has 0 bridgehead atoms. The van der Waals surface area contributed by atoms with Crippen LogP contribution in [-0.2, 0) is 9.59 Å². The molecule has 0 unspecified atom stereocenters. The fraction of sp³-hybridized carbons (Fsp3) is 0.750. The lowest BCUT2D eigenvalue weighted by Gasteiger charge is -2.16. The third kappa shape index (κ3) is 4.85. The first kappa shape index (κ1) is 11.1. The molecule has 0 spiro atoms. The van der Waals surface area contributed by atoms with Crippen molar-refractivity contribution in [2.45, 2.75) is 13.8 Å². The summed E-state index contributed by atoms with van der Waals surface area (Å²) in [6.07, 6.45) is 0. The minimum Gasteiger partial charge on any atom is -0.358 e. The van der Waals surface area contributed by atoms with Crippen molar-refractivity contribution in [3.05, 3.63) is 0 Å². The Bertz CT molecular complexity index is 168. The molecule has 0 aromatic rings. The molecular weight excluding hydrogens is 156 g/mol. The zero-order valence-corrected chi connectivity index (χ0v) is 7.89. The minimum absolute atomic E-state index is 0.0573. The number of Topliss-reactive ketones (excluding diaryl/α,β-unsaturated/α-hetero) is 1. The summed E-state index contributed by atoms with van der Waals surface area (Å²) in [5.41, 5.74) is 0. The van der Waals surface area contributed by atoms with Crippen molar-refractivity contribution < 1.29 is 9.59 Å². The van der Waals surface area contributed by atoms with Gasteiger partial charge in [0.15, 0.2) is 0 Å². The standard InChI is InChI=1S/C8H16N2O2/c1-4-10(5-7(2)11)6-8(12)9-3/h4-6H2,1-3H3,(H,9,12). The Hall–Kier alpha value is -0.900. The van der Waals surface area contributed by atoms with E-state index in [9.17, 15) is 9.59 Å². The monoisotopic (exact) mass is 172 g/mol. The average molecular weight is 172 g/mol. The molecule has 0 fully saturated rings. The molecule has 1 amide bonds. The average Bonchev–Trinajstić information content (AvgIpc) is 2.02. The predicted molar refractivity (Wildman–Crippen MR) is 46.9 cm³/mol. The van der Waals surface area contributed by atoms with E-state index in [1.165, 1.54) is 6.92 Å². The molecule has 0 aliphatic heterocycles. The molecule has 0 aliphatic carbocycles. The zero-order valence-electron chi connectivity index (χ0n) is 7.89. The van der Waals surface area contributed by atoms with E-state index in [0.717, 1.165) is 0 Å². The fourth-order valence-corrected chi connectivity index (χ4v) is 0.877. The van der Waals surface area contributed by atoms with Gasteiger partial charge in [0, 0.05) is 7.05 Å². The van der Waals surface area contributed by atoms with Crippen molar-refractivity contribution in [2.24, 2.45) is 0 Å². The Kier molecular flexibility index (Phi) is 5.28. The number of amides is 1. The topological polar surface area (TPSA) is 49.4 Å². The number of rotatable bonds is 5. The highest BCUT2D eigenvalue weighted by molar-refractivity contribution is 5.80. The third-order valence-electron chi connectivity index (χ3n) is 1.54. The maximum atomic E-state index is 10.9. The second-order valence-corrected chi connectivity index (χ2v) is 2.68. The lowest BCUT2D eigenvalue weighted by atomic mass is 10.3. The van der Waals surface area contributed by atoms with Crippen molar-refractivity contribution in [3.8, 4) is 0 Å². The van der Waals surface area contributed by atoms with Gasteiger partial charge in [-0.2, -0.15) is 0 Å². The molecule has 0 aliphatic rings. The number of nitrogens with zero attached hydrogens (tertiary/aromatic N) is 1. The van der Waals surface area contributed by atoms with Gasteiger partial charge in [-0.15, -0.1) is 0 Å². The van der Waals surface area contributed by atoms with Crippen molar-refractivity contribution in [3.63, 3.8) is 0 Å². The highest BCUT2D eigenvalue weighted by atomic mass is 16.2. The van der Waals surface area contributed by atoms with Crippen LogP contribution in [0.3, 0.4) is 0 Å². The Morgan fingerprint density at radius 2 is 1.92 bits per heavy atom. The van der Waals surface area contributed by atoms with Crippen LogP contribution in [0, 0.1) is 0 Å². The molecule has 12 heavy (non-hydrogen) atoms. The van der Waals surface area contributed by atoms with Crippen molar-refractivity contribution in [1.29, 1.82) is 0 Å². The van der Waals surface area contributed by atoms with Crippen LogP contribution in [0.5, 0.6) is 0 Å². The van der Waals surface area contributed by atoms with Gasteiger partial charge in [-0.05, 0) is 13.5 Å². The summed E-state index contributed by atoms with van der Waals surface area (Å²) in [7, 11) is 1.59. The fourth-order valence-electron chi connectivity index (χ4n) is 0.877. The molecule has 0 rings (SSSR count). The predicted octanol–water partition coefficient (Wildman–Crippen LogP) is -0.357. The van der Waals surface area contributed by atoms with Crippen LogP contribution in [0.2, 0.25) is 0 Å². The van der Waals surface area contributed by atoms with Crippen molar-refractivity contribution in [1.82, 2.24) is 10.2 Å². The molecule has 0 heterocycles. The minimum atomic E-state index is -0.0573.